The van der Waals surface area contributed by atoms with Gasteiger partial charge in [0.05, 0.1) is 37.9 Å². The van der Waals surface area contributed by atoms with Crippen LogP contribution in [0.3, 0.4) is 0 Å². The highest BCUT2D eigenvalue weighted by Gasteiger charge is 2.31. The first kappa shape index (κ1) is 27.1. The van der Waals surface area contributed by atoms with Crippen molar-refractivity contribution in [2.75, 3.05) is 0 Å². The van der Waals surface area contributed by atoms with Gasteiger partial charge in [-0.25, -0.2) is 4.98 Å². The Bertz CT molecular complexity index is 1860. The van der Waals surface area contributed by atoms with E-state index in [4.69, 9.17) is 4.74 Å². The number of hydrogen-bond donors (Lipinski definition) is 0. The number of fused-ring (bicyclic) bond motifs is 1. The van der Waals surface area contributed by atoms with Crippen molar-refractivity contribution in [1.29, 1.82) is 5.26 Å². The fourth-order valence-electron chi connectivity index (χ4n) is 4.00. The molecule has 0 aliphatic rings. The molecular weight excluding hydrogens is 632 g/mol. The summed E-state index contributed by atoms with van der Waals surface area (Å²) in [5, 5.41) is 13.9. The highest BCUT2D eigenvalue weighted by Crippen LogP contribution is 2.32. The van der Waals surface area contributed by atoms with Crippen LogP contribution >= 0.6 is 22.6 Å². The van der Waals surface area contributed by atoms with Gasteiger partial charge in [0.1, 0.15) is 12.4 Å². The molecule has 198 valence electrons. The van der Waals surface area contributed by atoms with Crippen LogP contribution in [-0.2, 0) is 12.8 Å². The molecule has 10 heteroatoms. The lowest BCUT2D eigenvalue weighted by atomic mass is 10.1. The number of halogens is 4. The van der Waals surface area contributed by atoms with Crippen molar-refractivity contribution in [3.8, 4) is 23.2 Å². The molecule has 1 aromatic heterocycles. The van der Waals surface area contributed by atoms with Gasteiger partial charge in [-0.2, -0.15) is 28.2 Å². The number of hydrogen-bond acceptors (Lipinski definition) is 5. The zero-order chi connectivity index (χ0) is 28.3. The molecule has 5 aromatic rings. The van der Waals surface area contributed by atoms with Crippen LogP contribution in [0.1, 0.15) is 22.3 Å². The van der Waals surface area contributed by atoms with E-state index in [1.807, 2.05) is 12.1 Å². The van der Waals surface area contributed by atoms with Gasteiger partial charge in [0, 0.05) is 11.1 Å². The zero-order valence-corrected chi connectivity index (χ0v) is 22.7. The highest BCUT2D eigenvalue weighted by molar-refractivity contribution is 14.1. The Balaban J connectivity index is 1.50. The highest BCUT2D eigenvalue weighted by atomic mass is 127. The molecule has 5 rings (SSSR count). The molecule has 1 heterocycles. The van der Waals surface area contributed by atoms with E-state index in [1.165, 1.54) is 18.3 Å². The summed E-state index contributed by atoms with van der Waals surface area (Å²) in [7, 11) is 0. The molecule has 6 nitrogen and oxygen atoms in total. The van der Waals surface area contributed by atoms with Gasteiger partial charge < -0.3 is 4.74 Å². The summed E-state index contributed by atoms with van der Waals surface area (Å²) in [5.41, 5.74) is 1.00. The molecule has 4 aromatic carbocycles. The molecule has 0 aliphatic heterocycles. The average molecular weight is 650 g/mol. The third-order valence-corrected chi connectivity index (χ3v) is 6.84. The van der Waals surface area contributed by atoms with Gasteiger partial charge in [-0.05, 0) is 76.7 Å². The third kappa shape index (κ3) is 5.74. The molecule has 0 bridgehead atoms. The molecule has 0 saturated heterocycles. The van der Waals surface area contributed by atoms with E-state index in [1.54, 1.807) is 54.6 Å². The first-order valence-electron chi connectivity index (χ1n) is 11.9. The minimum Gasteiger partial charge on any atom is -0.488 e. The first-order chi connectivity index (χ1) is 19.2. The summed E-state index contributed by atoms with van der Waals surface area (Å²) in [6, 6.07) is 25.8. The summed E-state index contributed by atoms with van der Waals surface area (Å²) in [4.78, 5) is 17.8. The Hall–Kier alpha value is -4.50. The number of alkyl halides is 3. The van der Waals surface area contributed by atoms with Gasteiger partial charge in [-0.1, -0.05) is 42.5 Å². The number of ether oxygens (including phenoxy) is 1. The van der Waals surface area contributed by atoms with Gasteiger partial charge >= 0.3 is 6.18 Å². The van der Waals surface area contributed by atoms with Gasteiger partial charge in [0.25, 0.3) is 5.56 Å². The van der Waals surface area contributed by atoms with Crippen LogP contribution in [0, 0.1) is 14.9 Å². The maximum absolute atomic E-state index is 13.4. The van der Waals surface area contributed by atoms with Crippen molar-refractivity contribution in [2.24, 2.45) is 5.10 Å². The number of nitriles is 1. The Morgan fingerprint density at radius 1 is 1.00 bits per heavy atom. The van der Waals surface area contributed by atoms with E-state index in [0.29, 0.717) is 22.4 Å². The van der Waals surface area contributed by atoms with Crippen LogP contribution in [0.2, 0.25) is 0 Å². The van der Waals surface area contributed by atoms with Gasteiger partial charge in [-0.3, -0.25) is 4.79 Å². The van der Waals surface area contributed by atoms with E-state index in [9.17, 15) is 23.2 Å². The normalized spacial score (nSPS) is 11.6. The van der Waals surface area contributed by atoms with Gasteiger partial charge in [-0.15, -0.1) is 0 Å². The quantitative estimate of drug-likeness (QED) is 0.146. The number of para-hydroxylation sites is 1. The predicted octanol–water partition coefficient (Wildman–Crippen LogP) is 7.02. The second kappa shape index (κ2) is 11.3. The minimum absolute atomic E-state index is 0.0168. The molecule has 0 radical (unpaired) electrons. The fourth-order valence-corrected chi connectivity index (χ4v) is 4.70. The van der Waals surface area contributed by atoms with Crippen molar-refractivity contribution >= 4 is 39.7 Å². The second-order valence-corrected chi connectivity index (χ2v) is 9.80. The maximum atomic E-state index is 13.4. The largest absolute Gasteiger partial charge is 0.488 e. The molecular formula is C30H18F3IN4O2. The summed E-state index contributed by atoms with van der Waals surface area (Å²) in [5.74, 6) is 0.580. The summed E-state index contributed by atoms with van der Waals surface area (Å²) < 4.78 is 47.9. The lowest BCUT2D eigenvalue weighted by molar-refractivity contribution is -0.137. The molecule has 0 fully saturated rings. The molecule has 0 spiro atoms. The topological polar surface area (TPSA) is 80.3 Å². The van der Waals surface area contributed by atoms with Crippen molar-refractivity contribution in [2.45, 2.75) is 12.8 Å². The monoisotopic (exact) mass is 650 g/mol. The van der Waals surface area contributed by atoms with Crippen molar-refractivity contribution in [1.82, 2.24) is 9.66 Å². The Morgan fingerprint density at radius 3 is 2.55 bits per heavy atom. The Kier molecular flexibility index (Phi) is 7.66. The van der Waals surface area contributed by atoms with Crippen LogP contribution in [0.15, 0.2) is 101 Å². The number of aromatic nitrogens is 2. The molecule has 0 atom stereocenters. The van der Waals surface area contributed by atoms with E-state index < -0.39 is 17.3 Å². The first-order valence-corrected chi connectivity index (χ1v) is 13.0. The Morgan fingerprint density at radius 2 is 1.77 bits per heavy atom. The van der Waals surface area contributed by atoms with Crippen LogP contribution in [0.5, 0.6) is 5.75 Å². The molecule has 0 N–H and O–H groups in total. The van der Waals surface area contributed by atoms with E-state index in [0.717, 1.165) is 25.9 Å². The van der Waals surface area contributed by atoms with E-state index in [2.05, 4.69) is 38.7 Å². The average Bonchev–Trinajstić information content (AvgIpc) is 2.96. The zero-order valence-electron chi connectivity index (χ0n) is 20.6. The van der Waals surface area contributed by atoms with Crippen molar-refractivity contribution < 1.29 is 17.9 Å². The SMILES string of the molecule is N#Cc1ccccc1COc1ccc(C=Nn2c(-c3cccc(C(F)(F)F)c3)nc3ccccc3c2=O)cc1I. The number of nitrogens with zero attached hydrogens (tertiary/aromatic N) is 4. The summed E-state index contributed by atoms with van der Waals surface area (Å²) in [6.45, 7) is 0.214. The summed E-state index contributed by atoms with van der Waals surface area (Å²) >= 11 is 2.11. The standard InChI is InChI=1S/C30H18F3IN4O2/c31-30(32,33)23-9-5-8-20(15-23)28-37-26-11-4-3-10-24(26)29(39)38(28)36-17-19-12-13-27(25(34)14-19)40-18-22-7-2-1-6-21(22)16-35/h1-15,17H,18H2. The molecule has 0 unspecified atom stereocenters. The van der Waals surface area contributed by atoms with Crippen LogP contribution in [0.25, 0.3) is 22.3 Å². The molecule has 0 amide bonds. The van der Waals surface area contributed by atoms with Gasteiger partial charge in [0.15, 0.2) is 5.82 Å². The lowest BCUT2D eigenvalue weighted by Crippen LogP contribution is -2.20. The van der Waals surface area contributed by atoms with Crippen LogP contribution < -0.4 is 10.3 Å². The van der Waals surface area contributed by atoms with Crippen molar-refractivity contribution in [3.63, 3.8) is 0 Å². The number of rotatable bonds is 6. The third-order valence-electron chi connectivity index (χ3n) is 6.00. The Labute approximate surface area is 240 Å². The van der Waals surface area contributed by atoms with E-state index >= 15 is 0 Å². The lowest BCUT2D eigenvalue weighted by Gasteiger charge is -2.12. The molecule has 0 aliphatic carbocycles. The fraction of sp³-hybridized carbons (Fsp3) is 0.0667. The number of benzene rings is 4. The maximum Gasteiger partial charge on any atom is 0.416 e. The van der Waals surface area contributed by atoms with Gasteiger partial charge in [0.2, 0.25) is 0 Å². The summed E-state index contributed by atoms with van der Waals surface area (Å²) in [6.07, 6.45) is -3.12. The second-order valence-electron chi connectivity index (χ2n) is 8.64. The molecule has 40 heavy (non-hydrogen) atoms. The minimum atomic E-state index is -4.56. The van der Waals surface area contributed by atoms with Crippen molar-refractivity contribution in [3.05, 3.63) is 127 Å². The van der Waals surface area contributed by atoms with Crippen LogP contribution in [0.4, 0.5) is 13.2 Å². The van der Waals surface area contributed by atoms with Crippen LogP contribution in [-0.4, -0.2) is 15.9 Å². The predicted molar refractivity (Wildman–Crippen MR) is 154 cm³/mol. The molecule has 0 saturated carbocycles. The smallest absolute Gasteiger partial charge is 0.416 e. The van der Waals surface area contributed by atoms with E-state index in [-0.39, 0.29) is 23.4 Å².